The predicted octanol–water partition coefficient (Wildman–Crippen LogP) is 1.11. The van der Waals surface area contributed by atoms with Gasteiger partial charge in [-0.05, 0) is 19.3 Å². The molecule has 1 aliphatic rings. The maximum atomic E-state index is 10.7. The fraction of sp³-hybridized carbons (Fsp3) is 0.556. The van der Waals surface area contributed by atoms with Crippen LogP contribution in [0.5, 0.6) is 0 Å². The molecule has 1 N–H and O–H groups in total. The fourth-order valence-electron chi connectivity index (χ4n) is 1.23. The van der Waals surface area contributed by atoms with E-state index in [9.17, 15) is 9.59 Å². The first kappa shape index (κ1) is 9.77. The maximum absolute atomic E-state index is 10.7. The Hall–Kier alpha value is -1.32. The lowest BCUT2D eigenvalue weighted by Crippen LogP contribution is -2.08. The Labute approximate surface area is 76.2 Å². The van der Waals surface area contributed by atoms with Crippen LogP contribution in [0, 0.1) is 0 Å². The molecule has 0 aromatic heterocycles. The van der Waals surface area contributed by atoms with Crippen molar-refractivity contribution in [2.75, 3.05) is 0 Å². The normalized spacial score (nSPS) is 21.2. The van der Waals surface area contributed by atoms with Crippen LogP contribution in [0.1, 0.15) is 25.7 Å². The van der Waals surface area contributed by atoms with Gasteiger partial charge in [0.2, 0.25) is 0 Å². The van der Waals surface area contributed by atoms with E-state index < -0.39 is 5.97 Å². The zero-order valence-electron chi connectivity index (χ0n) is 7.28. The van der Waals surface area contributed by atoms with Gasteiger partial charge < -0.3 is 9.84 Å². The Morgan fingerprint density at radius 3 is 2.85 bits per heavy atom. The van der Waals surface area contributed by atoms with Crippen molar-refractivity contribution in [2.24, 2.45) is 0 Å². The predicted molar refractivity (Wildman–Crippen MR) is 45.1 cm³/mol. The average Bonchev–Trinajstić information content (AvgIpc) is 2.47. The molecule has 72 valence electrons. The summed E-state index contributed by atoms with van der Waals surface area (Å²) in [4.78, 5) is 21.0. The molecule has 0 saturated carbocycles. The highest BCUT2D eigenvalue weighted by Crippen LogP contribution is 2.19. The van der Waals surface area contributed by atoms with Crippen LogP contribution in [0.15, 0.2) is 12.2 Å². The van der Waals surface area contributed by atoms with Crippen LogP contribution in [0.25, 0.3) is 0 Å². The number of cyclic esters (lactones) is 1. The van der Waals surface area contributed by atoms with Crippen LogP contribution in [0.2, 0.25) is 0 Å². The number of esters is 1. The van der Waals surface area contributed by atoms with E-state index in [0.29, 0.717) is 25.7 Å². The fourth-order valence-corrected chi connectivity index (χ4v) is 1.23. The van der Waals surface area contributed by atoms with Crippen molar-refractivity contribution in [1.29, 1.82) is 0 Å². The average molecular weight is 184 g/mol. The first-order valence-corrected chi connectivity index (χ1v) is 4.20. The molecule has 1 saturated heterocycles. The second-order valence-electron chi connectivity index (χ2n) is 3.10. The summed E-state index contributed by atoms with van der Waals surface area (Å²) >= 11 is 0. The lowest BCUT2D eigenvalue weighted by Gasteiger charge is -2.07. The maximum Gasteiger partial charge on any atom is 0.330 e. The molecule has 1 heterocycles. The van der Waals surface area contributed by atoms with Gasteiger partial charge in [0.1, 0.15) is 6.10 Å². The summed E-state index contributed by atoms with van der Waals surface area (Å²) in [6.07, 6.45) is 1.99. The molecule has 0 radical (unpaired) electrons. The zero-order chi connectivity index (χ0) is 9.84. The van der Waals surface area contributed by atoms with Gasteiger partial charge in [-0.15, -0.1) is 0 Å². The first-order valence-electron chi connectivity index (χ1n) is 4.20. The third kappa shape index (κ3) is 2.89. The lowest BCUT2D eigenvalue weighted by molar-refractivity contribution is -0.141. The van der Waals surface area contributed by atoms with Gasteiger partial charge in [0.05, 0.1) is 0 Å². The Kier molecular flexibility index (Phi) is 3.06. The van der Waals surface area contributed by atoms with E-state index in [1.807, 2.05) is 0 Å². The smallest absolute Gasteiger partial charge is 0.330 e. The highest BCUT2D eigenvalue weighted by Gasteiger charge is 2.23. The number of carboxylic acid groups (broad SMARTS) is 1. The van der Waals surface area contributed by atoms with Crippen molar-refractivity contribution < 1.29 is 19.4 Å². The molecule has 1 aliphatic heterocycles. The Morgan fingerprint density at radius 2 is 2.38 bits per heavy atom. The molecule has 0 bridgehead atoms. The number of ether oxygens (including phenoxy) is 1. The molecule has 4 heteroatoms. The minimum atomic E-state index is -0.982. The summed E-state index contributed by atoms with van der Waals surface area (Å²) in [6.45, 7) is 3.39. The van der Waals surface area contributed by atoms with Crippen molar-refractivity contribution in [3.05, 3.63) is 12.2 Å². The van der Waals surface area contributed by atoms with Gasteiger partial charge in [-0.3, -0.25) is 4.79 Å². The minimum Gasteiger partial charge on any atom is -0.478 e. The van der Waals surface area contributed by atoms with E-state index in [4.69, 9.17) is 9.84 Å². The number of rotatable bonds is 4. The summed E-state index contributed by atoms with van der Waals surface area (Å²) in [6, 6.07) is 0. The Bertz CT molecular complexity index is 244. The Morgan fingerprint density at radius 1 is 1.69 bits per heavy atom. The molecule has 0 spiro atoms. The van der Waals surface area contributed by atoms with Crippen LogP contribution < -0.4 is 0 Å². The van der Waals surface area contributed by atoms with Gasteiger partial charge in [-0.1, -0.05) is 6.58 Å². The largest absolute Gasteiger partial charge is 0.478 e. The lowest BCUT2D eigenvalue weighted by atomic mass is 10.1. The molecule has 1 rings (SSSR count). The van der Waals surface area contributed by atoms with Crippen molar-refractivity contribution >= 4 is 11.9 Å². The van der Waals surface area contributed by atoms with Gasteiger partial charge in [-0.2, -0.15) is 0 Å². The molecule has 1 fully saturated rings. The second kappa shape index (κ2) is 4.07. The zero-order valence-corrected chi connectivity index (χ0v) is 7.28. The summed E-state index contributed by atoms with van der Waals surface area (Å²) in [5.74, 6) is -1.17. The summed E-state index contributed by atoms with van der Waals surface area (Å²) in [7, 11) is 0. The van der Waals surface area contributed by atoms with Crippen LogP contribution in [0.3, 0.4) is 0 Å². The molecule has 1 unspecified atom stereocenters. The molecule has 1 atom stereocenters. The highest BCUT2D eigenvalue weighted by atomic mass is 16.5. The van der Waals surface area contributed by atoms with Crippen LogP contribution in [0.4, 0.5) is 0 Å². The van der Waals surface area contributed by atoms with E-state index in [0.717, 1.165) is 0 Å². The van der Waals surface area contributed by atoms with E-state index in [2.05, 4.69) is 6.58 Å². The number of hydrogen-bond acceptors (Lipinski definition) is 3. The number of carbonyl (C=O) groups excluding carboxylic acids is 1. The third-order valence-electron chi connectivity index (χ3n) is 2.04. The van der Waals surface area contributed by atoms with E-state index in [-0.39, 0.29) is 17.6 Å². The molecule has 0 aromatic carbocycles. The van der Waals surface area contributed by atoms with Gasteiger partial charge in [0.25, 0.3) is 0 Å². The highest BCUT2D eigenvalue weighted by molar-refractivity contribution is 5.85. The standard InChI is InChI=1S/C9H12O4/c1-6(9(11)12)2-3-7-4-5-8(10)13-7/h7H,1-5H2,(H,11,12). The Balaban J connectivity index is 2.23. The van der Waals surface area contributed by atoms with Crippen molar-refractivity contribution in [3.8, 4) is 0 Å². The number of carbonyl (C=O) groups is 2. The molecular formula is C9H12O4. The van der Waals surface area contributed by atoms with Crippen LogP contribution in [-0.2, 0) is 14.3 Å². The van der Waals surface area contributed by atoms with Gasteiger partial charge in [-0.25, -0.2) is 4.79 Å². The van der Waals surface area contributed by atoms with Crippen LogP contribution in [-0.4, -0.2) is 23.1 Å². The van der Waals surface area contributed by atoms with Gasteiger partial charge in [0.15, 0.2) is 0 Å². The summed E-state index contributed by atoms with van der Waals surface area (Å²) in [5.41, 5.74) is 0.169. The summed E-state index contributed by atoms with van der Waals surface area (Å²) in [5, 5.41) is 8.50. The quantitative estimate of drug-likeness (QED) is 0.525. The van der Waals surface area contributed by atoms with Gasteiger partial charge >= 0.3 is 11.9 Å². The molecule has 0 amide bonds. The van der Waals surface area contributed by atoms with E-state index >= 15 is 0 Å². The summed E-state index contributed by atoms with van der Waals surface area (Å²) < 4.78 is 4.92. The number of hydrogen-bond donors (Lipinski definition) is 1. The van der Waals surface area contributed by atoms with Crippen LogP contribution >= 0.6 is 0 Å². The van der Waals surface area contributed by atoms with Crippen molar-refractivity contribution in [1.82, 2.24) is 0 Å². The van der Waals surface area contributed by atoms with E-state index in [1.165, 1.54) is 0 Å². The number of aliphatic carboxylic acids is 1. The molecule has 13 heavy (non-hydrogen) atoms. The molecule has 0 aliphatic carbocycles. The van der Waals surface area contributed by atoms with Crippen molar-refractivity contribution in [3.63, 3.8) is 0 Å². The molecular weight excluding hydrogens is 172 g/mol. The van der Waals surface area contributed by atoms with Crippen molar-refractivity contribution in [2.45, 2.75) is 31.8 Å². The first-order chi connectivity index (χ1) is 6.09. The number of carboxylic acids is 1. The SMILES string of the molecule is C=C(CCC1CCC(=O)O1)C(=O)O. The monoisotopic (exact) mass is 184 g/mol. The minimum absolute atomic E-state index is 0.108. The molecule has 0 aromatic rings. The van der Waals surface area contributed by atoms with Gasteiger partial charge in [0, 0.05) is 12.0 Å². The topological polar surface area (TPSA) is 63.6 Å². The molecule has 4 nitrogen and oxygen atoms in total. The second-order valence-corrected chi connectivity index (χ2v) is 3.10. The third-order valence-corrected chi connectivity index (χ3v) is 2.04. The van der Waals surface area contributed by atoms with E-state index in [1.54, 1.807) is 0 Å².